The van der Waals surface area contributed by atoms with Crippen LogP contribution in [0.25, 0.3) is 11.4 Å². The summed E-state index contributed by atoms with van der Waals surface area (Å²) in [6, 6.07) is 10.4. The highest BCUT2D eigenvalue weighted by molar-refractivity contribution is 7.99. The molecule has 3 rings (SSSR count). The molecule has 1 aliphatic carbocycles. The third-order valence-corrected chi connectivity index (χ3v) is 5.85. The van der Waals surface area contributed by atoms with Gasteiger partial charge in [0.25, 0.3) is 0 Å². The lowest BCUT2D eigenvalue weighted by molar-refractivity contribution is -0.131. The van der Waals surface area contributed by atoms with Crippen LogP contribution >= 0.6 is 11.8 Å². The van der Waals surface area contributed by atoms with Gasteiger partial charge < -0.3 is 4.90 Å². The van der Waals surface area contributed by atoms with Crippen LogP contribution in [0.3, 0.4) is 0 Å². The number of nitrogens with zero attached hydrogens (tertiary/aromatic N) is 4. The first-order chi connectivity index (χ1) is 12.5. The van der Waals surface area contributed by atoms with Crippen molar-refractivity contribution in [2.75, 3.05) is 12.8 Å². The van der Waals surface area contributed by atoms with Crippen LogP contribution in [0.1, 0.15) is 37.7 Å². The quantitative estimate of drug-likeness (QED) is 0.815. The van der Waals surface area contributed by atoms with Gasteiger partial charge in [0.1, 0.15) is 5.54 Å². The van der Waals surface area contributed by atoms with Gasteiger partial charge in [0, 0.05) is 12.6 Å². The van der Waals surface area contributed by atoms with Crippen LogP contribution in [0.15, 0.2) is 29.4 Å². The summed E-state index contributed by atoms with van der Waals surface area (Å²) in [6.07, 6.45) is 4.65. The Balaban J connectivity index is 1.61. The molecule has 0 aliphatic heterocycles. The number of aromatic amines is 1. The first kappa shape index (κ1) is 18.5. The van der Waals surface area contributed by atoms with E-state index in [1.165, 1.54) is 17.3 Å². The molecule has 1 fully saturated rings. The van der Waals surface area contributed by atoms with Gasteiger partial charge in [-0.1, -0.05) is 60.9 Å². The maximum absolute atomic E-state index is 12.6. The molecular formula is C19H23N5OS. The number of nitriles is 1. The Labute approximate surface area is 158 Å². The topological polar surface area (TPSA) is 85.7 Å². The zero-order valence-corrected chi connectivity index (χ0v) is 16.0. The van der Waals surface area contributed by atoms with Crippen LogP contribution in [0.5, 0.6) is 0 Å². The molecule has 1 N–H and O–H groups in total. The van der Waals surface area contributed by atoms with Gasteiger partial charge in [-0.15, -0.1) is 5.10 Å². The summed E-state index contributed by atoms with van der Waals surface area (Å²) in [6.45, 7) is 2.04. The summed E-state index contributed by atoms with van der Waals surface area (Å²) in [5.41, 5.74) is 1.50. The predicted molar refractivity (Wildman–Crippen MR) is 101 cm³/mol. The average Bonchev–Trinajstić information content (AvgIpc) is 3.15. The Hall–Kier alpha value is -2.33. The van der Waals surface area contributed by atoms with Gasteiger partial charge in [0.05, 0.1) is 11.8 Å². The molecule has 0 radical (unpaired) electrons. The van der Waals surface area contributed by atoms with Crippen molar-refractivity contribution in [2.45, 2.75) is 49.7 Å². The minimum Gasteiger partial charge on any atom is -0.326 e. The molecule has 0 atom stereocenters. The SMILES string of the molecule is Cc1ccc(-c2nc(SCC(=O)N(C)C3(C#N)CCCCC3)n[nH]2)cc1. The molecule has 0 bridgehead atoms. The summed E-state index contributed by atoms with van der Waals surface area (Å²) < 4.78 is 0. The van der Waals surface area contributed by atoms with Crippen molar-refractivity contribution in [1.29, 1.82) is 5.26 Å². The Morgan fingerprint density at radius 1 is 1.31 bits per heavy atom. The van der Waals surface area contributed by atoms with Crippen LogP contribution in [-0.4, -0.2) is 44.3 Å². The van der Waals surface area contributed by atoms with E-state index in [2.05, 4.69) is 21.3 Å². The predicted octanol–water partition coefficient (Wildman–Crippen LogP) is 3.56. The van der Waals surface area contributed by atoms with Gasteiger partial charge in [-0.25, -0.2) is 4.98 Å². The molecule has 0 saturated heterocycles. The Morgan fingerprint density at radius 2 is 2.00 bits per heavy atom. The molecule has 7 heteroatoms. The van der Waals surface area contributed by atoms with Gasteiger partial charge in [-0.05, 0) is 19.8 Å². The van der Waals surface area contributed by atoms with E-state index in [1.807, 2.05) is 31.2 Å². The van der Waals surface area contributed by atoms with Crippen LogP contribution in [0.4, 0.5) is 0 Å². The second kappa shape index (κ2) is 7.92. The fraction of sp³-hybridized carbons (Fsp3) is 0.474. The number of nitrogens with one attached hydrogen (secondary N) is 1. The maximum Gasteiger partial charge on any atom is 0.234 e. The third-order valence-electron chi connectivity index (χ3n) is 5.02. The molecule has 2 aromatic rings. The largest absolute Gasteiger partial charge is 0.326 e. The molecule has 1 aromatic heterocycles. The zero-order chi connectivity index (χ0) is 18.6. The first-order valence-electron chi connectivity index (χ1n) is 8.84. The molecule has 26 heavy (non-hydrogen) atoms. The van der Waals surface area contributed by atoms with Gasteiger partial charge in [-0.2, -0.15) is 5.26 Å². The van der Waals surface area contributed by atoms with E-state index in [0.717, 1.165) is 37.7 Å². The van der Waals surface area contributed by atoms with Gasteiger partial charge >= 0.3 is 0 Å². The number of amides is 1. The molecule has 1 heterocycles. The van der Waals surface area contributed by atoms with Crippen LogP contribution < -0.4 is 0 Å². The standard InChI is InChI=1S/C19H23N5OS/c1-14-6-8-15(9-7-14)17-21-18(23-22-17)26-12-16(25)24(2)19(13-20)10-4-3-5-11-19/h6-9H,3-5,10-12H2,1-2H3,(H,21,22,23). The molecule has 6 nitrogen and oxygen atoms in total. The molecule has 1 saturated carbocycles. The second-order valence-corrected chi connectivity index (χ2v) is 7.72. The number of H-pyrrole nitrogens is 1. The molecule has 0 spiro atoms. The molecule has 1 aromatic carbocycles. The number of hydrogen-bond donors (Lipinski definition) is 1. The minimum atomic E-state index is -0.651. The van der Waals surface area contributed by atoms with Gasteiger partial charge in [0.2, 0.25) is 11.1 Å². The van der Waals surface area contributed by atoms with Crippen molar-refractivity contribution in [3.8, 4) is 17.5 Å². The van der Waals surface area contributed by atoms with E-state index in [0.29, 0.717) is 11.0 Å². The summed E-state index contributed by atoms with van der Waals surface area (Å²) in [5, 5.41) is 17.3. The average molecular weight is 369 g/mol. The molecule has 0 unspecified atom stereocenters. The van der Waals surface area contributed by atoms with E-state index < -0.39 is 5.54 Å². The first-order valence-corrected chi connectivity index (χ1v) is 9.83. The highest BCUT2D eigenvalue weighted by atomic mass is 32.2. The van der Waals surface area contributed by atoms with Gasteiger partial charge in [0.15, 0.2) is 5.82 Å². The number of rotatable bonds is 5. The fourth-order valence-corrected chi connectivity index (χ4v) is 3.98. The Morgan fingerprint density at radius 3 is 2.65 bits per heavy atom. The summed E-state index contributed by atoms with van der Waals surface area (Å²) in [5.74, 6) is 0.861. The van der Waals surface area contributed by atoms with Crippen LogP contribution in [0.2, 0.25) is 0 Å². The van der Waals surface area contributed by atoms with Crippen molar-refractivity contribution in [1.82, 2.24) is 20.1 Å². The van der Waals surface area contributed by atoms with E-state index in [1.54, 1.807) is 11.9 Å². The van der Waals surface area contributed by atoms with Crippen molar-refractivity contribution >= 4 is 17.7 Å². The number of benzene rings is 1. The smallest absolute Gasteiger partial charge is 0.234 e. The van der Waals surface area contributed by atoms with Crippen molar-refractivity contribution < 1.29 is 4.79 Å². The van der Waals surface area contributed by atoms with Crippen molar-refractivity contribution in [2.24, 2.45) is 0 Å². The second-order valence-electron chi connectivity index (χ2n) is 6.78. The Kier molecular flexibility index (Phi) is 5.62. The number of carbonyl (C=O) groups excluding carboxylic acids is 1. The highest BCUT2D eigenvalue weighted by Gasteiger charge is 2.38. The highest BCUT2D eigenvalue weighted by Crippen LogP contribution is 2.33. The number of thioether (sulfide) groups is 1. The van der Waals surface area contributed by atoms with E-state index in [9.17, 15) is 10.1 Å². The fourth-order valence-electron chi connectivity index (χ4n) is 3.27. The monoisotopic (exact) mass is 369 g/mol. The number of hydrogen-bond acceptors (Lipinski definition) is 5. The van der Waals surface area contributed by atoms with E-state index in [4.69, 9.17) is 0 Å². The van der Waals surface area contributed by atoms with E-state index >= 15 is 0 Å². The van der Waals surface area contributed by atoms with Crippen LogP contribution in [0, 0.1) is 18.3 Å². The molecular weight excluding hydrogens is 346 g/mol. The third kappa shape index (κ3) is 3.91. The summed E-state index contributed by atoms with van der Waals surface area (Å²) in [4.78, 5) is 18.7. The molecule has 136 valence electrons. The lowest BCUT2D eigenvalue weighted by Crippen LogP contribution is -2.50. The molecule has 1 amide bonds. The van der Waals surface area contributed by atoms with Crippen molar-refractivity contribution in [3.63, 3.8) is 0 Å². The summed E-state index contributed by atoms with van der Waals surface area (Å²) >= 11 is 1.29. The number of carbonyl (C=O) groups is 1. The lowest BCUT2D eigenvalue weighted by Gasteiger charge is -2.38. The van der Waals surface area contributed by atoms with E-state index in [-0.39, 0.29) is 11.7 Å². The van der Waals surface area contributed by atoms with Crippen molar-refractivity contribution in [3.05, 3.63) is 29.8 Å². The Bertz CT molecular complexity index is 802. The maximum atomic E-state index is 12.6. The summed E-state index contributed by atoms with van der Waals surface area (Å²) in [7, 11) is 1.74. The number of aromatic nitrogens is 3. The molecule has 1 aliphatic rings. The minimum absolute atomic E-state index is 0.0554. The van der Waals surface area contributed by atoms with Gasteiger partial charge in [-0.3, -0.25) is 9.89 Å². The zero-order valence-electron chi connectivity index (χ0n) is 15.2. The lowest BCUT2D eigenvalue weighted by atomic mass is 9.81. The van der Waals surface area contributed by atoms with Crippen LogP contribution in [-0.2, 0) is 4.79 Å². The normalized spacial score (nSPS) is 16.0. The number of aryl methyl sites for hydroxylation is 1.